The predicted octanol–water partition coefficient (Wildman–Crippen LogP) is 4.99. The summed E-state index contributed by atoms with van der Waals surface area (Å²) in [4.78, 5) is 16.3. The maximum Gasteiger partial charge on any atom is 0.319 e. The zero-order valence-electron chi connectivity index (χ0n) is 17.2. The number of nitriles is 1. The highest BCUT2D eigenvalue weighted by molar-refractivity contribution is 6.35. The number of ether oxygens (including phenoxy) is 3. The number of aromatic nitrogens is 1. The summed E-state index contributed by atoms with van der Waals surface area (Å²) in [5.74, 6) is -0.572. The summed E-state index contributed by atoms with van der Waals surface area (Å²) in [5.41, 5.74) is 0.797. The van der Waals surface area contributed by atoms with Crippen LogP contribution in [0.5, 0.6) is 23.0 Å². The summed E-state index contributed by atoms with van der Waals surface area (Å²) < 4.78 is 31.3. The number of anilines is 1. The Hall–Kier alpha value is -3.77. The second kappa shape index (κ2) is 8.77. The van der Waals surface area contributed by atoms with Gasteiger partial charge in [-0.2, -0.15) is 5.26 Å². The van der Waals surface area contributed by atoms with Crippen LogP contribution >= 0.6 is 11.6 Å². The number of carbonyl (C=O) groups is 1. The molecule has 0 bridgehead atoms. The normalized spacial score (nSPS) is 12.7. The topological polar surface area (TPSA) is 106 Å². The van der Waals surface area contributed by atoms with Crippen molar-refractivity contribution < 1.29 is 23.4 Å². The molecule has 164 valence electrons. The number of urea groups is 1. The number of nitrogens with zero attached hydrogens (tertiary/aromatic N) is 2. The Kier molecular flexibility index (Phi) is 5.88. The van der Waals surface area contributed by atoms with Crippen LogP contribution < -0.4 is 24.8 Å². The molecular weight excluding hydrogens is 439 g/mol. The lowest BCUT2D eigenvalue weighted by Crippen LogP contribution is -2.30. The summed E-state index contributed by atoms with van der Waals surface area (Å²) in [6, 6.07) is 7.40. The molecule has 0 radical (unpaired) electrons. The van der Waals surface area contributed by atoms with Crippen LogP contribution in [0.25, 0.3) is 10.9 Å². The van der Waals surface area contributed by atoms with E-state index in [4.69, 9.17) is 25.8 Å². The minimum absolute atomic E-state index is 0.0207. The van der Waals surface area contributed by atoms with E-state index >= 15 is 4.39 Å². The molecule has 10 heteroatoms. The SMILES string of the molecule is COc1cc2nccc(Oc3c(F)cc(NC(=O)NC4CC4)c(Cl)c3OC)c2cc1C#N. The summed E-state index contributed by atoms with van der Waals surface area (Å²) in [5, 5.41) is 15.1. The van der Waals surface area contributed by atoms with Gasteiger partial charge < -0.3 is 24.8 Å². The van der Waals surface area contributed by atoms with Crippen LogP contribution in [0.4, 0.5) is 14.9 Å². The van der Waals surface area contributed by atoms with E-state index < -0.39 is 11.8 Å². The molecule has 2 aromatic carbocycles. The molecule has 0 atom stereocenters. The fourth-order valence-electron chi connectivity index (χ4n) is 3.13. The third-order valence-electron chi connectivity index (χ3n) is 4.85. The lowest BCUT2D eigenvalue weighted by atomic mass is 10.1. The lowest BCUT2D eigenvalue weighted by molar-refractivity contribution is 0.251. The fourth-order valence-corrected chi connectivity index (χ4v) is 3.39. The molecule has 0 saturated heterocycles. The van der Waals surface area contributed by atoms with Crippen molar-refractivity contribution in [1.29, 1.82) is 5.26 Å². The first-order chi connectivity index (χ1) is 15.4. The molecule has 1 heterocycles. The lowest BCUT2D eigenvalue weighted by Gasteiger charge is -2.17. The van der Waals surface area contributed by atoms with Crippen LogP contribution in [0.1, 0.15) is 18.4 Å². The molecule has 2 amide bonds. The van der Waals surface area contributed by atoms with Crippen molar-refractivity contribution in [3.05, 3.63) is 46.9 Å². The van der Waals surface area contributed by atoms with E-state index in [0.717, 1.165) is 18.9 Å². The Morgan fingerprint density at radius 3 is 2.66 bits per heavy atom. The maximum absolute atomic E-state index is 15.0. The first kappa shape index (κ1) is 21.5. The third-order valence-corrected chi connectivity index (χ3v) is 5.23. The highest BCUT2D eigenvalue weighted by Crippen LogP contribution is 2.45. The number of halogens is 2. The van der Waals surface area contributed by atoms with E-state index in [0.29, 0.717) is 16.7 Å². The van der Waals surface area contributed by atoms with Gasteiger partial charge in [0, 0.05) is 29.8 Å². The Bertz CT molecular complexity index is 1260. The highest BCUT2D eigenvalue weighted by atomic mass is 35.5. The fraction of sp³-hybridized carbons (Fsp3) is 0.227. The first-order valence-corrected chi connectivity index (χ1v) is 10.0. The van der Waals surface area contributed by atoms with Gasteiger partial charge in [-0.3, -0.25) is 4.98 Å². The Labute approximate surface area is 187 Å². The van der Waals surface area contributed by atoms with Gasteiger partial charge in [0.05, 0.1) is 31.0 Å². The summed E-state index contributed by atoms with van der Waals surface area (Å²) in [6.07, 6.45) is 3.29. The van der Waals surface area contributed by atoms with E-state index in [2.05, 4.69) is 15.6 Å². The molecule has 1 saturated carbocycles. The van der Waals surface area contributed by atoms with Crippen molar-refractivity contribution in [2.24, 2.45) is 0 Å². The van der Waals surface area contributed by atoms with Crippen molar-refractivity contribution in [2.45, 2.75) is 18.9 Å². The van der Waals surface area contributed by atoms with Crippen LogP contribution in [-0.4, -0.2) is 31.3 Å². The Morgan fingerprint density at radius 2 is 2.00 bits per heavy atom. The van der Waals surface area contributed by atoms with Gasteiger partial charge in [0.25, 0.3) is 0 Å². The third kappa shape index (κ3) is 4.18. The Balaban J connectivity index is 1.72. The smallest absolute Gasteiger partial charge is 0.319 e. The van der Waals surface area contributed by atoms with Gasteiger partial charge in [-0.05, 0) is 25.0 Å². The van der Waals surface area contributed by atoms with Crippen molar-refractivity contribution in [3.8, 4) is 29.1 Å². The number of hydrogen-bond acceptors (Lipinski definition) is 6. The first-order valence-electron chi connectivity index (χ1n) is 9.63. The summed E-state index contributed by atoms with van der Waals surface area (Å²) in [7, 11) is 2.76. The van der Waals surface area contributed by atoms with Gasteiger partial charge in [-0.15, -0.1) is 0 Å². The molecule has 4 rings (SSSR count). The second-order valence-corrected chi connectivity index (χ2v) is 7.43. The molecule has 0 spiro atoms. The average Bonchev–Trinajstić information content (AvgIpc) is 3.60. The molecule has 32 heavy (non-hydrogen) atoms. The summed E-state index contributed by atoms with van der Waals surface area (Å²) >= 11 is 6.37. The molecule has 3 aromatic rings. The van der Waals surface area contributed by atoms with Gasteiger partial charge in [0.1, 0.15) is 22.6 Å². The van der Waals surface area contributed by atoms with Crippen LogP contribution in [0.15, 0.2) is 30.5 Å². The monoisotopic (exact) mass is 456 g/mol. The number of rotatable bonds is 6. The van der Waals surface area contributed by atoms with Crippen molar-refractivity contribution in [2.75, 3.05) is 19.5 Å². The quantitative estimate of drug-likeness (QED) is 0.541. The van der Waals surface area contributed by atoms with E-state index in [1.54, 1.807) is 12.1 Å². The zero-order chi connectivity index (χ0) is 22.8. The van der Waals surface area contributed by atoms with Gasteiger partial charge in [0.15, 0.2) is 11.6 Å². The number of nitrogens with one attached hydrogen (secondary N) is 2. The highest BCUT2D eigenvalue weighted by Gasteiger charge is 2.26. The number of fused-ring (bicyclic) bond motifs is 1. The molecular formula is C22H18ClFN4O4. The van der Waals surface area contributed by atoms with Gasteiger partial charge >= 0.3 is 6.03 Å². The molecule has 1 fully saturated rings. The molecule has 1 aliphatic carbocycles. The van der Waals surface area contributed by atoms with Gasteiger partial charge in [-0.1, -0.05) is 11.6 Å². The minimum Gasteiger partial charge on any atom is -0.495 e. The minimum atomic E-state index is -0.799. The van der Waals surface area contributed by atoms with E-state index in [9.17, 15) is 10.1 Å². The largest absolute Gasteiger partial charge is 0.495 e. The molecule has 0 unspecified atom stereocenters. The molecule has 1 aromatic heterocycles. The van der Waals surface area contributed by atoms with E-state index in [1.807, 2.05) is 6.07 Å². The van der Waals surface area contributed by atoms with Crippen molar-refractivity contribution in [1.82, 2.24) is 10.3 Å². The molecule has 0 aliphatic heterocycles. The zero-order valence-corrected chi connectivity index (χ0v) is 17.9. The number of carbonyl (C=O) groups excluding carboxylic acids is 1. The maximum atomic E-state index is 15.0. The Morgan fingerprint density at radius 1 is 1.22 bits per heavy atom. The standard InChI is InChI=1S/C22H18ClFN4O4/c1-30-18-9-15-13(7-11(18)10-25)17(5-6-26-15)32-20-14(24)8-16(19(23)21(20)31-2)28-22(29)27-12-3-4-12/h5-9,12H,3-4H2,1-2H3,(H2,27,28,29). The number of pyridine rings is 1. The molecule has 1 aliphatic rings. The van der Waals surface area contributed by atoms with Gasteiger partial charge in [0.2, 0.25) is 5.75 Å². The van der Waals surface area contributed by atoms with Crippen LogP contribution in [-0.2, 0) is 0 Å². The van der Waals surface area contributed by atoms with Crippen molar-refractivity contribution >= 4 is 34.2 Å². The van der Waals surface area contributed by atoms with Crippen LogP contribution in [0, 0.1) is 17.1 Å². The van der Waals surface area contributed by atoms with Crippen LogP contribution in [0.3, 0.4) is 0 Å². The summed E-state index contributed by atoms with van der Waals surface area (Å²) in [6.45, 7) is 0. The number of benzene rings is 2. The predicted molar refractivity (Wildman–Crippen MR) is 116 cm³/mol. The number of hydrogen-bond donors (Lipinski definition) is 2. The van der Waals surface area contributed by atoms with Crippen LogP contribution in [0.2, 0.25) is 5.02 Å². The van der Waals surface area contributed by atoms with Crippen molar-refractivity contribution in [3.63, 3.8) is 0 Å². The number of amides is 2. The van der Waals surface area contributed by atoms with E-state index in [1.165, 1.54) is 26.5 Å². The second-order valence-electron chi connectivity index (χ2n) is 7.05. The average molecular weight is 457 g/mol. The molecule has 2 N–H and O–H groups in total. The molecule has 8 nitrogen and oxygen atoms in total. The van der Waals surface area contributed by atoms with E-state index in [-0.39, 0.29) is 39.6 Å². The van der Waals surface area contributed by atoms with Gasteiger partial charge in [-0.25, -0.2) is 9.18 Å². The number of methoxy groups -OCH3 is 2.